The Labute approximate surface area is 289 Å². The molecule has 1 atom stereocenters. The second kappa shape index (κ2) is 35.4. The average molecular weight is 663 g/mol. The predicted molar refractivity (Wildman–Crippen MR) is 196 cm³/mol. The Kier molecular flexibility index (Phi) is 33.9. The zero-order valence-electron chi connectivity index (χ0n) is 31.0. The van der Waals surface area contributed by atoms with Crippen molar-refractivity contribution in [2.45, 2.75) is 200 Å². The average Bonchev–Trinajstić information content (AvgIpc) is 3.05. The van der Waals surface area contributed by atoms with Gasteiger partial charge in [-0.3, -0.25) is 14.4 Å². The molecule has 0 radical (unpaired) electrons. The van der Waals surface area contributed by atoms with Crippen LogP contribution in [0.4, 0.5) is 0 Å². The summed E-state index contributed by atoms with van der Waals surface area (Å²) >= 11 is 0. The third kappa shape index (κ3) is 36.7. The minimum Gasteiger partial charge on any atom is -0.463 e. The Morgan fingerprint density at radius 3 is 1.45 bits per heavy atom. The monoisotopic (exact) mass is 663 g/mol. The molecule has 1 N–H and O–H groups in total. The molecule has 0 unspecified atom stereocenters. The summed E-state index contributed by atoms with van der Waals surface area (Å²) < 4.78 is 10.3. The molecule has 0 aromatic rings. The molecule has 0 aliphatic heterocycles. The number of hydrogen-bond donors (Lipinski definition) is 1. The Hall–Kier alpha value is -1.95. The third-order valence-corrected chi connectivity index (χ3v) is 8.59. The van der Waals surface area contributed by atoms with Gasteiger partial charge in [-0.25, -0.2) is 0 Å². The van der Waals surface area contributed by atoms with Crippen LogP contribution in [0.2, 0.25) is 0 Å². The van der Waals surface area contributed by atoms with Crippen molar-refractivity contribution in [2.24, 2.45) is 5.92 Å². The molecular weight excluding hydrogens is 588 g/mol. The maximum atomic E-state index is 12.0. The molecule has 0 aromatic carbocycles. The summed E-state index contributed by atoms with van der Waals surface area (Å²) in [5.41, 5.74) is 0. The lowest BCUT2D eigenvalue weighted by Crippen LogP contribution is -2.25. The number of ether oxygens (including phenoxy) is 2. The molecular formula is C41H74O6. The van der Waals surface area contributed by atoms with E-state index in [1.807, 2.05) is 12.2 Å². The highest BCUT2D eigenvalue weighted by Crippen LogP contribution is 2.15. The molecule has 0 amide bonds. The van der Waals surface area contributed by atoms with Crippen LogP contribution in [0.5, 0.6) is 0 Å². The Balaban J connectivity index is 3.48. The number of aliphatic hydroxyl groups is 1. The Morgan fingerprint density at radius 2 is 0.979 bits per heavy atom. The summed E-state index contributed by atoms with van der Waals surface area (Å²) in [6, 6.07) is 0. The van der Waals surface area contributed by atoms with E-state index in [9.17, 15) is 19.5 Å². The van der Waals surface area contributed by atoms with Crippen LogP contribution in [0.15, 0.2) is 24.3 Å². The number of carbonyl (C=O) groups is 3. The van der Waals surface area contributed by atoms with Gasteiger partial charge in [-0.05, 0) is 44.1 Å². The normalized spacial score (nSPS) is 12.4. The maximum Gasteiger partial charge on any atom is 0.305 e. The Bertz CT molecular complexity index is 787. The van der Waals surface area contributed by atoms with Gasteiger partial charge in [0.25, 0.3) is 0 Å². The highest BCUT2D eigenvalue weighted by Gasteiger charge is 2.12. The van der Waals surface area contributed by atoms with Crippen molar-refractivity contribution in [3.63, 3.8) is 0 Å². The lowest BCUT2D eigenvalue weighted by Gasteiger charge is -2.12. The van der Waals surface area contributed by atoms with Crippen molar-refractivity contribution in [1.82, 2.24) is 0 Å². The van der Waals surface area contributed by atoms with Gasteiger partial charge in [0, 0.05) is 19.3 Å². The summed E-state index contributed by atoms with van der Waals surface area (Å²) in [5.74, 6) is 0.427. The van der Waals surface area contributed by atoms with Gasteiger partial charge in [0.1, 0.15) is 19.3 Å². The van der Waals surface area contributed by atoms with E-state index < -0.39 is 6.10 Å². The van der Waals surface area contributed by atoms with E-state index in [4.69, 9.17) is 9.47 Å². The molecule has 0 bridgehead atoms. The zero-order valence-corrected chi connectivity index (χ0v) is 31.0. The highest BCUT2D eigenvalue weighted by atomic mass is 16.6. The van der Waals surface area contributed by atoms with E-state index in [1.54, 1.807) is 6.08 Å². The van der Waals surface area contributed by atoms with Gasteiger partial charge in [-0.2, -0.15) is 0 Å². The van der Waals surface area contributed by atoms with E-state index >= 15 is 0 Å². The summed E-state index contributed by atoms with van der Waals surface area (Å²) in [7, 11) is 0. The molecule has 0 aliphatic carbocycles. The molecule has 0 aromatic heterocycles. The van der Waals surface area contributed by atoms with Gasteiger partial charge in [-0.15, -0.1) is 0 Å². The topological polar surface area (TPSA) is 89.9 Å². The summed E-state index contributed by atoms with van der Waals surface area (Å²) in [6.07, 6.45) is 36.4. The standard InChI is InChI=1S/C41H74O6/c1-4-5-25-31-38(42)32-27-22-18-14-12-16-20-24-29-34-41(45)47-36-39(43)35-46-40(44)33-28-23-19-15-11-9-7-6-8-10-13-17-21-26-30-37(2)3/h18,22,27,32,37,39,43H,4-17,19-21,23-26,28-31,33-36H2,1-3H3/b22-18-,32-27+/t39-/m1/s1. The fraction of sp³-hybridized carbons (Fsp3) is 0.829. The minimum atomic E-state index is -0.986. The van der Waals surface area contributed by atoms with Crippen molar-refractivity contribution >= 4 is 17.7 Å². The SMILES string of the molecule is CCCCCC(=O)/C=C/C=C\CCCCCCCC(=O)OC[C@H](O)COC(=O)CCCCCCCCCCCCCCCCC(C)C. The Morgan fingerprint density at radius 1 is 0.553 bits per heavy atom. The first-order valence-electron chi connectivity index (χ1n) is 19.7. The van der Waals surface area contributed by atoms with Gasteiger partial charge in [0.15, 0.2) is 5.78 Å². The summed E-state index contributed by atoms with van der Waals surface area (Å²) in [5, 5.41) is 10.0. The van der Waals surface area contributed by atoms with Crippen LogP contribution >= 0.6 is 0 Å². The molecule has 0 fully saturated rings. The van der Waals surface area contributed by atoms with E-state index in [0.29, 0.717) is 19.3 Å². The van der Waals surface area contributed by atoms with Crippen molar-refractivity contribution in [2.75, 3.05) is 13.2 Å². The second-order valence-electron chi connectivity index (χ2n) is 13.9. The predicted octanol–water partition coefficient (Wildman–Crippen LogP) is 11.3. The quantitative estimate of drug-likeness (QED) is 0.0314. The third-order valence-electron chi connectivity index (χ3n) is 8.59. The highest BCUT2D eigenvalue weighted by molar-refractivity contribution is 5.89. The zero-order chi connectivity index (χ0) is 34.6. The molecule has 6 nitrogen and oxygen atoms in total. The van der Waals surface area contributed by atoms with Crippen LogP contribution in [0.25, 0.3) is 0 Å². The van der Waals surface area contributed by atoms with Crippen LogP contribution in [-0.4, -0.2) is 42.1 Å². The molecule has 0 saturated heterocycles. The van der Waals surface area contributed by atoms with E-state index in [1.165, 1.54) is 77.0 Å². The van der Waals surface area contributed by atoms with Crippen LogP contribution in [-0.2, 0) is 23.9 Å². The number of hydrogen-bond acceptors (Lipinski definition) is 6. The number of unbranched alkanes of at least 4 members (excludes halogenated alkanes) is 20. The molecule has 0 saturated carbocycles. The van der Waals surface area contributed by atoms with Crippen LogP contribution < -0.4 is 0 Å². The van der Waals surface area contributed by atoms with Gasteiger partial charge in [0.2, 0.25) is 0 Å². The number of allylic oxidation sites excluding steroid dienone is 4. The first kappa shape index (κ1) is 45.0. The van der Waals surface area contributed by atoms with Gasteiger partial charge in [-0.1, -0.05) is 161 Å². The van der Waals surface area contributed by atoms with Crippen LogP contribution in [0.1, 0.15) is 194 Å². The number of ketones is 1. The number of carbonyl (C=O) groups excluding carboxylic acids is 3. The van der Waals surface area contributed by atoms with Crippen molar-refractivity contribution in [3.8, 4) is 0 Å². The van der Waals surface area contributed by atoms with Crippen LogP contribution in [0, 0.1) is 5.92 Å². The van der Waals surface area contributed by atoms with Gasteiger partial charge < -0.3 is 14.6 Å². The first-order valence-corrected chi connectivity index (χ1v) is 19.7. The first-order chi connectivity index (χ1) is 22.8. The number of rotatable bonds is 35. The largest absolute Gasteiger partial charge is 0.463 e. The molecule has 274 valence electrons. The minimum absolute atomic E-state index is 0.135. The molecule has 0 rings (SSSR count). The van der Waals surface area contributed by atoms with Gasteiger partial charge >= 0.3 is 11.9 Å². The maximum absolute atomic E-state index is 12.0. The molecule has 0 spiro atoms. The van der Waals surface area contributed by atoms with E-state index in [-0.39, 0.29) is 30.9 Å². The second-order valence-corrected chi connectivity index (χ2v) is 13.9. The van der Waals surface area contributed by atoms with E-state index in [2.05, 4.69) is 26.8 Å². The number of aliphatic hydroxyl groups excluding tert-OH is 1. The summed E-state index contributed by atoms with van der Waals surface area (Å²) in [6.45, 7) is 6.48. The molecule has 47 heavy (non-hydrogen) atoms. The van der Waals surface area contributed by atoms with Crippen molar-refractivity contribution in [3.05, 3.63) is 24.3 Å². The van der Waals surface area contributed by atoms with Crippen molar-refractivity contribution in [1.29, 1.82) is 0 Å². The number of esters is 2. The fourth-order valence-electron chi connectivity index (χ4n) is 5.55. The van der Waals surface area contributed by atoms with Crippen molar-refractivity contribution < 1.29 is 29.0 Å². The fourth-order valence-corrected chi connectivity index (χ4v) is 5.55. The van der Waals surface area contributed by atoms with Crippen LogP contribution in [0.3, 0.4) is 0 Å². The lowest BCUT2D eigenvalue weighted by molar-refractivity contribution is -0.152. The summed E-state index contributed by atoms with van der Waals surface area (Å²) in [4.78, 5) is 35.6. The molecule has 6 heteroatoms. The lowest BCUT2D eigenvalue weighted by atomic mass is 10.0. The molecule has 0 heterocycles. The molecule has 0 aliphatic rings. The van der Waals surface area contributed by atoms with E-state index in [0.717, 1.165) is 83.0 Å². The smallest absolute Gasteiger partial charge is 0.305 e. The van der Waals surface area contributed by atoms with Gasteiger partial charge in [0.05, 0.1) is 0 Å².